The Bertz CT molecular complexity index is 257. The predicted octanol–water partition coefficient (Wildman–Crippen LogP) is 2.29. The van der Waals surface area contributed by atoms with E-state index in [9.17, 15) is 4.79 Å². The number of piperidine rings is 1. The summed E-state index contributed by atoms with van der Waals surface area (Å²) < 4.78 is 5.12. The molecule has 0 bridgehead atoms. The number of hydrogen-bond acceptors (Lipinski definition) is 3. The number of hydrogen-bond donors (Lipinski definition) is 1. The van der Waals surface area contributed by atoms with Crippen molar-refractivity contribution in [1.29, 1.82) is 0 Å². The number of carbonyl (C=O) groups excluding carboxylic acids is 1. The summed E-state index contributed by atoms with van der Waals surface area (Å²) in [6.07, 6.45) is 5.38. The number of rotatable bonds is 9. The fourth-order valence-electron chi connectivity index (χ4n) is 2.85. The first-order chi connectivity index (χ1) is 9.69. The van der Waals surface area contributed by atoms with Crippen LogP contribution in [-0.4, -0.2) is 50.7 Å². The van der Waals surface area contributed by atoms with Gasteiger partial charge in [0.25, 0.3) is 0 Å². The minimum Gasteiger partial charge on any atom is -0.383 e. The summed E-state index contributed by atoms with van der Waals surface area (Å²) in [4.78, 5) is 14.4. The number of amides is 1. The summed E-state index contributed by atoms with van der Waals surface area (Å²) in [5, 5.41) is 3.44. The van der Waals surface area contributed by atoms with Crippen molar-refractivity contribution in [3.8, 4) is 0 Å². The van der Waals surface area contributed by atoms with Crippen molar-refractivity contribution < 1.29 is 9.53 Å². The number of carbonyl (C=O) groups is 1. The van der Waals surface area contributed by atoms with Gasteiger partial charge in [0.15, 0.2) is 0 Å². The summed E-state index contributed by atoms with van der Waals surface area (Å²) in [6.45, 7) is 8.82. The molecule has 0 saturated carbocycles. The number of ether oxygens (including phenoxy) is 1. The van der Waals surface area contributed by atoms with Gasteiger partial charge >= 0.3 is 0 Å². The third-order valence-corrected chi connectivity index (χ3v) is 4.34. The summed E-state index contributed by atoms with van der Waals surface area (Å²) in [6, 6.07) is 0. The molecule has 0 radical (unpaired) electrons. The topological polar surface area (TPSA) is 41.6 Å². The van der Waals surface area contributed by atoms with Gasteiger partial charge < -0.3 is 15.0 Å². The van der Waals surface area contributed by atoms with Crippen LogP contribution in [0.15, 0.2) is 0 Å². The van der Waals surface area contributed by atoms with E-state index in [1.165, 1.54) is 12.8 Å². The number of methoxy groups -OCH3 is 1. The lowest BCUT2D eigenvalue weighted by Crippen LogP contribution is -2.38. The summed E-state index contributed by atoms with van der Waals surface area (Å²) in [5.74, 6) is 1.43. The highest BCUT2D eigenvalue weighted by molar-refractivity contribution is 5.76. The van der Waals surface area contributed by atoms with Crippen LogP contribution in [0, 0.1) is 11.8 Å². The third-order valence-electron chi connectivity index (χ3n) is 4.34. The van der Waals surface area contributed by atoms with Gasteiger partial charge in [-0.05, 0) is 44.2 Å². The van der Waals surface area contributed by atoms with Gasteiger partial charge in [0.05, 0.1) is 6.61 Å². The van der Waals surface area contributed by atoms with E-state index in [4.69, 9.17) is 4.74 Å². The molecule has 1 aliphatic heterocycles. The van der Waals surface area contributed by atoms with Crippen molar-refractivity contribution in [3.05, 3.63) is 0 Å². The molecule has 0 aromatic rings. The lowest BCUT2D eigenvalue weighted by molar-refractivity contribution is -0.133. The summed E-state index contributed by atoms with van der Waals surface area (Å²) >= 11 is 0. The quantitative estimate of drug-likeness (QED) is 0.706. The molecule has 20 heavy (non-hydrogen) atoms. The van der Waals surface area contributed by atoms with Crippen molar-refractivity contribution in [3.63, 3.8) is 0 Å². The Morgan fingerprint density at radius 1 is 1.45 bits per heavy atom. The highest BCUT2D eigenvalue weighted by atomic mass is 16.5. The SMILES string of the molecule is CCCCN(CCOC)C(=O)CC(C)C1CCCNC1. The van der Waals surface area contributed by atoms with Crippen molar-refractivity contribution in [1.82, 2.24) is 10.2 Å². The highest BCUT2D eigenvalue weighted by Gasteiger charge is 2.24. The van der Waals surface area contributed by atoms with E-state index in [1.54, 1.807) is 7.11 Å². The molecule has 2 atom stereocenters. The van der Waals surface area contributed by atoms with Crippen molar-refractivity contribution in [2.45, 2.75) is 46.0 Å². The average Bonchev–Trinajstić information content (AvgIpc) is 2.48. The predicted molar refractivity (Wildman–Crippen MR) is 82.7 cm³/mol. The Hall–Kier alpha value is -0.610. The van der Waals surface area contributed by atoms with Crippen LogP contribution in [0.5, 0.6) is 0 Å². The van der Waals surface area contributed by atoms with Gasteiger partial charge in [0, 0.05) is 26.6 Å². The van der Waals surface area contributed by atoms with Crippen LogP contribution in [-0.2, 0) is 9.53 Å². The van der Waals surface area contributed by atoms with Crippen LogP contribution in [0.3, 0.4) is 0 Å². The van der Waals surface area contributed by atoms with Gasteiger partial charge in [-0.1, -0.05) is 20.3 Å². The van der Waals surface area contributed by atoms with Crippen LogP contribution in [0.4, 0.5) is 0 Å². The van der Waals surface area contributed by atoms with Gasteiger partial charge in [0.1, 0.15) is 0 Å². The first-order valence-electron chi connectivity index (χ1n) is 8.16. The molecule has 1 saturated heterocycles. The minimum atomic E-state index is 0.300. The Kier molecular flexibility index (Phi) is 8.86. The second-order valence-corrected chi connectivity index (χ2v) is 6.01. The maximum absolute atomic E-state index is 12.5. The van der Waals surface area contributed by atoms with E-state index in [0.717, 1.165) is 39.0 Å². The molecule has 2 unspecified atom stereocenters. The lowest BCUT2D eigenvalue weighted by atomic mass is 9.85. The first kappa shape index (κ1) is 17.4. The monoisotopic (exact) mass is 284 g/mol. The molecule has 0 aromatic heterocycles. The van der Waals surface area contributed by atoms with Crippen LogP contribution in [0.25, 0.3) is 0 Å². The molecule has 1 rings (SSSR count). The lowest BCUT2D eigenvalue weighted by Gasteiger charge is -2.30. The maximum Gasteiger partial charge on any atom is 0.222 e. The van der Waals surface area contributed by atoms with E-state index in [-0.39, 0.29) is 0 Å². The normalized spacial score (nSPS) is 20.6. The van der Waals surface area contributed by atoms with E-state index in [1.807, 2.05) is 4.90 Å². The zero-order valence-corrected chi connectivity index (χ0v) is 13.5. The van der Waals surface area contributed by atoms with Crippen LogP contribution < -0.4 is 5.32 Å². The molecule has 4 nitrogen and oxygen atoms in total. The Morgan fingerprint density at radius 3 is 2.85 bits per heavy atom. The fraction of sp³-hybridized carbons (Fsp3) is 0.938. The smallest absolute Gasteiger partial charge is 0.222 e. The van der Waals surface area contributed by atoms with Crippen LogP contribution in [0.2, 0.25) is 0 Å². The van der Waals surface area contributed by atoms with Crippen molar-refractivity contribution >= 4 is 5.91 Å². The third kappa shape index (κ3) is 6.23. The highest BCUT2D eigenvalue weighted by Crippen LogP contribution is 2.23. The number of nitrogens with zero attached hydrogens (tertiary/aromatic N) is 1. The average molecular weight is 284 g/mol. The minimum absolute atomic E-state index is 0.300. The van der Waals surface area contributed by atoms with Gasteiger partial charge in [-0.2, -0.15) is 0 Å². The molecule has 1 amide bonds. The van der Waals surface area contributed by atoms with E-state index in [0.29, 0.717) is 30.8 Å². The van der Waals surface area contributed by atoms with E-state index in [2.05, 4.69) is 19.2 Å². The second kappa shape index (κ2) is 10.2. The molecule has 1 N–H and O–H groups in total. The molecule has 0 aliphatic carbocycles. The van der Waals surface area contributed by atoms with Gasteiger partial charge in [-0.15, -0.1) is 0 Å². The van der Waals surface area contributed by atoms with Gasteiger partial charge in [-0.3, -0.25) is 4.79 Å². The number of nitrogens with one attached hydrogen (secondary N) is 1. The van der Waals surface area contributed by atoms with Crippen molar-refractivity contribution in [2.24, 2.45) is 11.8 Å². The van der Waals surface area contributed by atoms with Gasteiger partial charge in [0.2, 0.25) is 5.91 Å². The Morgan fingerprint density at radius 2 is 2.25 bits per heavy atom. The molecular weight excluding hydrogens is 252 g/mol. The second-order valence-electron chi connectivity index (χ2n) is 6.01. The molecule has 1 heterocycles. The standard InChI is InChI=1S/C16H32N2O2/c1-4-5-9-18(10-11-20-3)16(19)12-14(2)15-7-6-8-17-13-15/h14-15,17H,4-13H2,1-3H3. The molecule has 1 fully saturated rings. The zero-order chi connectivity index (χ0) is 14.8. The Labute approximate surface area is 124 Å². The molecule has 1 aliphatic rings. The van der Waals surface area contributed by atoms with E-state index >= 15 is 0 Å². The number of unbranched alkanes of at least 4 members (excludes halogenated alkanes) is 1. The largest absolute Gasteiger partial charge is 0.383 e. The molecule has 118 valence electrons. The summed E-state index contributed by atoms with van der Waals surface area (Å²) in [5.41, 5.74) is 0. The zero-order valence-electron chi connectivity index (χ0n) is 13.5. The van der Waals surface area contributed by atoms with Crippen LogP contribution >= 0.6 is 0 Å². The first-order valence-corrected chi connectivity index (χ1v) is 8.16. The van der Waals surface area contributed by atoms with Crippen LogP contribution in [0.1, 0.15) is 46.0 Å². The van der Waals surface area contributed by atoms with Gasteiger partial charge in [-0.25, -0.2) is 0 Å². The van der Waals surface area contributed by atoms with Crippen molar-refractivity contribution in [2.75, 3.05) is 39.9 Å². The maximum atomic E-state index is 12.5. The molecular formula is C16H32N2O2. The fourth-order valence-corrected chi connectivity index (χ4v) is 2.85. The van der Waals surface area contributed by atoms with E-state index < -0.39 is 0 Å². The molecule has 0 spiro atoms. The summed E-state index contributed by atoms with van der Waals surface area (Å²) in [7, 11) is 1.69. The molecule has 4 heteroatoms. The Balaban J connectivity index is 2.41. The molecule has 0 aromatic carbocycles.